The van der Waals surface area contributed by atoms with Crippen molar-refractivity contribution in [3.63, 3.8) is 0 Å². The number of piperidine rings is 1. The smallest absolute Gasteiger partial charge is 0.213 e. The summed E-state index contributed by atoms with van der Waals surface area (Å²) in [6.45, 7) is 1.35. The zero-order valence-electron chi connectivity index (χ0n) is 7.83. The van der Waals surface area contributed by atoms with Crippen LogP contribution in [-0.2, 0) is 5.60 Å². The molecule has 1 aromatic rings. The molecular weight excluding hydrogens is 183 g/mol. The molecule has 1 fully saturated rings. The third-order valence-electron chi connectivity index (χ3n) is 2.55. The monoisotopic (exact) mass is 196 g/mol. The second-order valence-corrected chi connectivity index (χ2v) is 3.66. The highest BCUT2D eigenvalue weighted by molar-refractivity contribution is 5.15. The molecule has 2 N–H and O–H groups in total. The maximum absolute atomic E-state index is 12.8. The third-order valence-corrected chi connectivity index (χ3v) is 2.55. The Morgan fingerprint density at radius 3 is 3.00 bits per heavy atom. The average Bonchev–Trinajstić information content (AvgIpc) is 2.19. The number of aromatic nitrogens is 1. The van der Waals surface area contributed by atoms with Gasteiger partial charge in [0, 0.05) is 6.54 Å². The molecule has 0 saturated carbocycles. The number of rotatable bonds is 1. The van der Waals surface area contributed by atoms with E-state index in [4.69, 9.17) is 0 Å². The maximum Gasteiger partial charge on any atom is 0.213 e. The summed E-state index contributed by atoms with van der Waals surface area (Å²) >= 11 is 0. The van der Waals surface area contributed by atoms with Crippen LogP contribution in [0.1, 0.15) is 18.5 Å². The van der Waals surface area contributed by atoms with E-state index in [9.17, 15) is 9.50 Å². The largest absolute Gasteiger partial charge is 0.382 e. The van der Waals surface area contributed by atoms with Gasteiger partial charge in [-0.25, -0.2) is 4.98 Å². The molecule has 1 saturated heterocycles. The number of nitrogens with one attached hydrogen (secondary N) is 1. The topological polar surface area (TPSA) is 45.2 Å². The van der Waals surface area contributed by atoms with Crippen molar-refractivity contribution in [2.45, 2.75) is 18.4 Å². The van der Waals surface area contributed by atoms with E-state index in [0.717, 1.165) is 13.0 Å². The number of halogens is 1. The second kappa shape index (κ2) is 3.63. The summed E-state index contributed by atoms with van der Waals surface area (Å²) < 4.78 is 12.8. The number of hydrogen-bond acceptors (Lipinski definition) is 3. The predicted molar refractivity (Wildman–Crippen MR) is 50.2 cm³/mol. The minimum absolute atomic E-state index is 0.421. The van der Waals surface area contributed by atoms with Gasteiger partial charge in [0.2, 0.25) is 5.95 Å². The highest BCUT2D eigenvalue weighted by Crippen LogP contribution is 2.26. The van der Waals surface area contributed by atoms with Gasteiger partial charge in [-0.15, -0.1) is 0 Å². The van der Waals surface area contributed by atoms with E-state index >= 15 is 0 Å². The first-order valence-corrected chi connectivity index (χ1v) is 4.77. The van der Waals surface area contributed by atoms with Gasteiger partial charge in [0.15, 0.2) is 0 Å². The van der Waals surface area contributed by atoms with Crippen LogP contribution in [0.25, 0.3) is 0 Å². The lowest BCUT2D eigenvalue weighted by Crippen LogP contribution is -2.43. The third kappa shape index (κ3) is 1.76. The van der Waals surface area contributed by atoms with Crippen LogP contribution in [0.2, 0.25) is 0 Å². The molecule has 0 radical (unpaired) electrons. The summed E-state index contributed by atoms with van der Waals surface area (Å²) in [4.78, 5) is 3.71. The van der Waals surface area contributed by atoms with Crippen molar-refractivity contribution in [1.82, 2.24) is 10.3 Å². The molecule has 76 valence electrons. The van der Waals surface area contributed by atoms with Gasteiger partial charge in [-0.3, -0.25) is 0 Å². The highest BCUT2D eigenvalue weighted by Gasteiger charge is 2.32. The molecule has 1 unspecified atom stereocenters. The van der Waals surface area contributed by atoms with Crippen LogP contribution in [0.3, 0.4) is 0 Å². The fourth-order valence-electron chi connectivity index (χ4n) is 1.78. The molecule has 0 aromatic carbocycles. The van der Waals surface area contributed by atoms with E-state index in [-0.39, 0.29) is 0 Å². The van der Waals surface area contributed by atoms with Gasteiger partial charge in [0.25, 0.3) is 0 Å². The number of aliphatic hydroxyl groups is 1. The normalized spacial score (nSPS) is 27.6. The summed E-state index contributed by atoms with van der Waals surface area (Å²) in [7, 11) is 0. The molecule has 1 aliphatic heterocycles. The molecule has 14 heavy (non-hydrogen) atoms. The Hall–Kier alpha value is -1.00. The highest BCUT2D eigenvalue weighted by atomic mass is 19.1. The van der Waals surface area contributed by atoms with E-state index < -0.39 is 11.5 Å². The van der Waals surface area contributed by atoms with E-state index in [0.29, 0.717) is 18.7 Å². The standard InChI is InChI=1S/C10H13FN2O/c11-9-4-1-3-8(13-9)10(14)5-2-6-12-7-10/h1,3-4,12,14H,2,5-7H2. The Bertz CT molecular complexity index is 324. The van der Waals surface area contributed by atoms with Crippen molar-refractivity contribution < 1.29 is 9.50 Å². The Labute approximate surface area is 82.0 Å². The summed E-state index contributed by atoms with van der Waals surface area (Å²) in [6, 6.07) is 4.52. The molecule has 2 heterocycles. The predicted octanol–water partition coefficient (Wildman–Crippen LogP) is 0.792. The first-order valence-electron chi connectivity index (χ1n) is 4.77. The Balaban J connectivity index is 2.28. The first kappa shape index (κ1) is 9.55. The zero-order valence-corrected chi connectivity index (χ0v) is 7.83. The van der Waals surface area contributed by atoms with Gasteiger partial charge >= 0.3 is 0 Å². The lowest BCUT2D eigenvalue weighted by Gasteiger charge is -2.31. The molecular formula is C10H13FN2O. The molecule has 4 heteroatoms. The lowest BCUT2D eigenvalue weighted by atomic mass is 9.90. The fourth-order valence-corrected chi connectivity index (χ4v) is 1.78. The van der Waals surface area contributed by atoms with Crippen molar-refractivity contribution in [2.24, 2.45) is 0 Å². The maximum atomic E-state index is 12.8. The minimum Gasteiger partial charge on any atom is -0.382 e. The van der Waals surface area contributed by atoms with Crippen LogP contribution in [-0.4, -0.2) is 23.2 Å². The van der Waals surface area contributed by atoms with Gasteiger partial charge in [-0.05, 0) is 31.5 Å². The fraction of sp³-hybridized carbons (Fsp3) is 0.500. The van der Waals surface area contributed by atoms with Crippen molar-refractivity contribution in [3.8, 4) is 0 Å². The Morgan fingerprint density at radius 1 is 1.50 bits per heavy atom. The summed E-state index contributed by atoms with van der Waals surface area (Å²) in [5.74, 6) is -0.540. The van der Waals surface area contributed by atoms with Gasteiger partial charge in [0.1, 0.15) is 5.60 Å². The van der Waals surface area contributed by atoms with Crippen molar-refractivity contribution in [2.75, 3.05) is 13.1 Å². The number of hydrogen-bond donors (Lipinski definition) is 2. The molecule has 0 amide bonds. The zero-order chi connectivity index (χ0) is 10.0. The van der Waals surface area contributed by atoms with Crippen LogP contribution in [0.15, 0.2) is 18.2 Å². The first-order chi connectivity index (χ1) is 6.71. The SMILES string of the molecule is OC1(c2cccc(F)n2)CCCNC1. The summed E-state index contributed by atoms with van der Waals surface area (Å²) in [5.41, 5.74) is -0.579. The Morgan fingerprint density at radius 2 is 2.36 bits per heavy atom. The molecule has 3 nitrogen and oxygen atoms in total. The number of β-amino-alcohol motifs (C(OH)–C–C–N with tert-alkyl or cyclic N) is 1. The van der Waals surface area contributed by atoms with E-state index in [1.165, 1.54) is 6.07 Å². The van der Waals surface area contributed by atoms with E-state index in [1.54, 1.807) is 12.1 Å². The molecule has 2 rings (SSSR count). The summed E-state index contributed by atoms with van der Waals surface area (Å²) in [5, 5.41) is 13.3. The van der Waals surface area contributed by atoms with Crippen LogP contribution in [0, 0.1) is 5.95 Å². The van der Waals surface area contributed by atoms with E-state index in [1.807, 2.05) is 0 Å². The van der Waals surface area contributed by atoms with Crippen molar-refractivity contribution in [3.05, 3.63) is 29.8 Å². The molecule has 1 aliphatic rings. The van der Waals surface area contributed by atoms with Crippen LogP contribution < -0.4 is 5.32 Å². The quantitative estimate of drug-likeness (QED) is 0.653. The lowest BCUT2D eigenvalue weighted by molar-refractivity contribution is 0.00755. The number of nitrogens with zero attached hydrogens (tertiary/aromatic N) is 1. The van der Waals surface area contributed by atoms with Crippen LogP contribution in [0.4, 0.5) is 4.39 Å². The Kier molecular flexibility index (Phi) is 2.48. The van der Waals surface area contributed by atoms with Crippen LogP contribution >= 0.6 is 0 Å². The van der Waals surface area contributed by atoms with Gasteiger partial charge in [-0.2, -0.15) is 4.39 Å². The van der Waals surface area contributed by atoms with E-state index in [2.05, 4.69) is 10.3 Å². The molecule has 1 atom stereocenters. The summed E-state index contributed by atoms with van der Waals surface area (Å²) in [6.07, 6.45) is 1.52. The van der Waals surface area contributed by atoms with Gasteiger partial charge in [0.05, 0.1) is 5.69 Å². The minimum atomic E-state index is -1.000. The van der Waals surface area contributed by atoms with Gasteiger partial charge in [-0.1, -0.05) is 6.07 Å². The average molecular weight is 196 g/mol. The van der Waals surface area contributed by atoms with Crippen molar-refractivity contribution >= 4 is 0 Å². The molecule has 1 aromatic heterocycles. The molecule has 0 bridgehead atoms. The van der Waals surface area contributed by atoms with Gasteiger partial charge < -0.3 is 10.4 Å². The molecule has 0 spiro atoms. The van der Waals surface area contributed by atoms with Crippen molar-refractivity contribution in [1.29, 1.82) is 0 Å². The van der Waals surface area contributed by atoms with Crippen LogP contribution in [0.5, 0.6) is 0 Å². The molecule has 0 aliphatic carbocycles. The number of pyridine rings is 1. The second-order valence-electron chi connectivity index (χ2n) is 3.66.